The standard InChI is InChI=1S/C35H41ClN6O4.C34H39ClN6O4.C34H41ClN6O4/c1-22(2)35(11-12-35)46-33(44)42-16-14-41(15-17-42)31-25-8-7-24(36)19-26(25)27(18-23-6-5-13-38-29(23)31)30(28-20-37-21-40(28)4)39-32(43)45-34(3)9-10-34;1-33(8-9-33)20-45-32(43)41-15-13-40(14-16-41)30-24-7-6-23(35)18-25(24)26(17-22-5-4-12-37-28(22)30)29(27-19-36-21-39(27)2)38-31(42)34(44-3)10-11-34;1-33(2,3)20-45-32(43)41-15-13-40(14-16-41)30-24-9-8-23(35)18-25(24)26(17-22-7-6-12-37-28(22)30)29(27-19-36-21-39(27)4)38-31(42)34(44-5)10-11-34/h5-8,13,18-22,30-31H,9-12,14-17H2,1-4H3,(H,39,43);4-7,12,17-19,21,29-30H,8-11,13-16,20H2,1-3H3,(H,38,42);6-9,12,17-19,21,29-30H,10-11,13-16,20H2,1-5H3,(H,38,42). The molecular weight excluding hydrogens is 1790 g/mol. The molecular formula is C103H121Cl3N18O12. The Kier molecular flexibility index (Phi) is 26.9. The Morgan fingerprint density at radius 1 is 0.449 bits per heavy atom. The van der Waals surface area contributed by atoms with Crippen LogP contribution in [0, 0.1) is 16.7 Å². The first-order valence-electron chi connectivity index (χ1n) is 47.3. The van der Waals surface area contributed by atoms with Crippen LogP contribution in [0.15, 0.2) is 147 Å². The van der Waals surface area contributed by atoms with Gasteiger partial charge in [0, 0.05) is 153 Å². The molecule has 716 valence electrons. The monoisotopic (exact) mass is 1910 g/mol. The number of nitrogens with zero attached hydrogens (tertiary/aromatic N) is 15. The Labute approximate surface area is 808 Å². The van der Waals surface area contributed by atoms with E-state index in [-0.39, 0.29) is 64.7 Å². The summed E-state index contributed by atoms with van der Waals surface area (Å²) < 4.78 is 40.1. The summed E-state index contributed by atoms with van der Waals surface area (Å²) in [5.41, 5.74) is 14.3. The number of carbonyl (C=O) groups excluding carboxylic acids is 6. The van der Waals surface area contributed by atoms with Crippen LogP contribution >= 0.6 is 34.8 Å². The van der Waals surface area contributed by atoms with Gasteiger partial charge in [0.05, 0.1) is 121 Å². The molecule has 9 aromatic rings. The number of ether oxygens (including phenoxy) is 6. The molecule has 6 amide bonds. The highest BCUT2D eigenvalue weighted by molar-refractivity contribution is 6.31. The second kappa shape index (κ2) is 38.6. The van der Waals surface area contributed by atoms with Gasteiger partial charge < -0.3 is 72.8 Å². The predicted octanol–water partition coefficient (Wildman–Crippen LogP) is 16.6. The van der Waals surface area contributed by atoms with Crippen LogP contribution in [0.25, 0.3) is 34.9 Å². The zero-order chi connectivity index (χ0) is 95.5. The molecule has 0 bridgehead atoms. The van der Waals surface area contributed by atoms with Crippen LogP contribution in [0.4, 0.5) is 19.2 Å². The molecule has 6 aromatic heterocycles. The minimum absolute atomic E-state index is 0.0987. The number of fused-ring (bicyclic) bond motifs is 6. The molecule has 30 nitrogen and oxygen atoms in total. The minimum Gasteiger partial charge on any atom is -0.449 e. The molecule has 6 atom stereocenters. The Morgan fingerprint density at radius 3 is 1.11 bits per heavy atom. The maximum atomic E-state index is 13.6. The number of alkyl carbamates (subject to hydrolysis) is 1. The number of halogens is 3. The number of methoxy groups -OCH3 is 2. The van der Waals surface area contributed by atoms with Gasteiger partial charge in [-0.15, -0.1) is 0 Å². The number of carbonyl (C=O) groups is 6. The highest BCUT2D eigenvalue weighted by atomic mass is 35.5. The van der Waals surface area contributed by atoms with Crippen molar-refractivity contribution in [2.75, 3.05) is 106 Å². The summed E-state index contributed by atoms with van der Waals surface area (Å²) in [6, 6.07) is 27.6. The molecule has 3 aromatic carbocycles. The SMILES string of the molecule is CC(C)C1(OC(=O)N2CCN(C3c4ccc(Cl)cc4C(C(NC(=O)OC4(C)CC4)c4cncn4C)=Cc4cccnc43)CC2)CC1.COC1(C(=O)NC(C2=Cc3cccnc3C(N3CCN(C(=O)OCC(C)(C)C)CC3)c3ccc(Cl)cc32)c2cncn2C)CC1.COC1(C(=O)NC(C2=Cc3cccnc3C(N3CCN(C(=O)OCC4(C)CC4)CC3)c3ccc(Cl)cc32)c2cncn2C)CC1. The lowest BCUT2D eigenvalue weighted by molar-refractivity contribution is -0.134. The molecule has 0 radical (unpaired) electrons. The largest absolute Gasteiger partial charge is 0.449 e. The van der Waals surface area contributed by atoms with Gasteiger partial charge in [0.15, 0.2) is 0 Å². The summed E-state index contributed by atoms with van der Waals surface area (Å²) >= 11 is 20.1. The van der Waals surface area contributed by atoms with E-state index < -0.39 is 41.0 Å². The summed E-state index contributed by atoms with van der Waals surface area (Å²) in [6.07, 6.45) is 29.6. The van der Waals surface area contributed by atoms with E-state index >= 15 is 0 Å². The van der Waals surface area contributed by atoms with E-state index in [4.69, 9.17) is 78.2 Å². The Balaban J connectivity index is 0.000000136. The van der Waals surface area contributed by atoms with Gasteiger partial charge in [-0.25, -0.2) is 34.1 Å². The molecule has 5 saturated carbocycles. The number of hydrogen-bond donors (Lipinski definition) is 3. The third kappa shape index (κ3) is 20.2. The molecule has 3 saturated heterocycles. The molecule has 11 aliphatic rings. The lowest BCUT2D eigenvalue weighted by Gasteiger charge is -2.40. The molecule has 6 unspecified atom stereocenters. The van der Waals surface area contributed by atoms with Crippen molar-refractivity contribution in [2.24, 2.45) is 37.9 Å². The van der Waals surface area contributed by atoms with Crippen LogP contribution in [-0.4, -0.2) is 238 Å². The molecule has 8 aliphatic carbocycles. The molecule has 136 heavy (non-hydrogen) atoms. The normalized spacial score (nSPS) is 21.2. The number of aryl methyl sites for hydroxylation is 3. The smallest absolute Gasteiger partial charge is 0.410 e. The van der Waals surface area contributed by atoms with Gasteiger partial charge >= 0.3 is 24.4 Å². The van der Waals surface area contributed by atoms with Crippen LogP contribution < -0.4 is 16.0 Å². The second-order valence-electron chi connectivity index (χ2n) is 40.2. The zero-order valence-electron chi connectivity index (χ0n) is 79.3. The maximum Gasteiger partial charge on any atom is 0.410 e. The van der Waals surface area contributed by atoms with E-state index in [1.54, 1.807) is 56.7 Å². The van der Waals surface area contributed by atoms with Crippen LogP contribution in [0.5, 0.6) is 0 Å². The average Bonchev–Trinajstić information content (AvgIpc) is 1.60. The lowest BCUT2D eigenvalue weighted by Crippen LogP contribution is -2.51. The summed E-state index contributed by atoms with van der Waals surface area (Å²) in [5.74, 6) is 0.00793. The van der Waals surface area contributed by atoms with Gasteiger partial charge in [-0.1, -0.05) is 113 Å². The van der Waals surface area contributed by atoms with Crippen LogP contribution in [0.2, 0.25) is 15.1 Å². The Bertz CT molecular complexity index is 5880. The predicted molar refractivity (Wildman–Crippen MR) is 518 cm³/mol. The first kappa shape index (κ1) is 95.0. The fraction of sp³-hybridized carbons (Fsp3) is 0.476. The van der Waals surface area contributed by atoms with E-state index in [1.807, 2.05) is 146 Å². The fourth-order valence-electron chi connectivity index (χ4n) is 19.4. The Hall–Kier alpha value is -11.4. The van der Waals surface area contributed by atoms with Crippen molar-refractivity contribution >= 4 is 106 Å². The molecule has 8 fully saturated rings. The molecule has 3 N–H and O–H groups in total. The topological polar surface area (TPSA) is 305 Å². The van der Waals surface area contributed by atoms with Gasteiger partial charge in [-0.3, -0.25) is 39.2 Å². The van der Waals surface area contributed by atoms with Gasteiger partial charge in [0.25, 0.3) is 11.8 Å². The van der Waals surface area contributed by atoms with Gasteiger partial charge in [-0.2, -0.15) is 0 Å². The van der Waals surface area contributed by atoms with E-state index in [0.29, 0.717) is 138 Å². The number of benzene rings is 3. The quantitative estimate of drug-likeness (QED) is 0.0531. The summed E-state index contributed by atoms with van der Waals surface area (Å²) in [5, 5.41) is 11.6. The number of hydrogen-bond acceptors (Lipinski definition) is 21. The summed E-state index contributed by atoms with van der Waals surface area (Å²) in [4.78, 5) is 120. The van der Waals surface area contributed by atoms with E-state index in [2.05, 4.69) is 121 Å². The van der Waals surface area contributed by atoms with Crippen LogP contribution in [0.3, 0.4) is 0 Å². The molecule has 0 spiro atoms. The number of aromatic nitrogens is 9. The van der Waals surface area contributed by atoms with Crippen molar-refractivity contribution in [3.8, 4) is 0 Å². The number of rotatable bonds is 22. The van der Waals surface area contributed by atoms with E-state index in [0.717, 1.165) is 139 Å². The summed E-state index contributed by atoms with van der Waals surface area (Å²) in [6.45, 7) is 22.5. The highest BCUT2D eigenvalue weighted by Crippen LogP contribution is 2.53. The molecule has 33 heteroatoms. The zero-order valence-corrected chi connectivity index (χ0v) is 81.6. The van der Waals surface area contributed by atoms with Crippen LogP contribution in [-0.2, 0) is 59.2 Å². The second-order valence-corrected chi connectivity index (χ2v) is 41.5. The van der Waals surface area contributed by atoms with Gasteiger partial charge in [0.2, 0.25) is 0 Å². The molecule has 9 heterocycles. The maximum absolute atomic E-state index is 13.6. The third-order valence-electron chi connectivity index (χ3n) is 28.9. The summed E-state index contributed by atoms with van der Waals surface area (Å²) in [7, 11) is 8.93. The fourth-order valence-corrected chi connectivity index (χ4v) is 19.9. The number of pyridine rings is 3. The first-order chi connectivity index (χ1) is 65.2. The van der Waals surface area contributed by atoms with E-state index in [1.165, 1.54) is 0 Å². The highest BCUT2D eigenvalue weighted by Gasteiger charge is 2.55. The average molecular weight is 1910 g/mol. The van der Waals surface area contributed by atoms with Gasteiger partial charge in [0.1, 0.15) is 22.4 Å². The molecule has 3 aliphatic heterocycles. The van der Waals surface area contributed by atoms with E-state index in [9.17, 15) is 28.8 Å². The Morgan fingerprint density at radius 2 is 0.801 bits per heavy atom. The molecule has 20 rings (SSSR count). The number of amides is 6. The minimum atomic E-state index is -0.811. The number of piperazine rings is 3. The van der Waals surface area contributed by atoms with Crippen molar-refractivity contribution in [3.63, 3.8) is 0 Å². The number of imidazole rings is 3. The lowest BCUT2D eigenvalue weighted by atomic mass is 9.89. The van der Waals surface area contributed by atoms with Crippen molar-refractivity contribution < 1.29 is 57.2 Å². The van der Waals surface area contributed by atoms with Crippen molar-refractivity contribution in [1.82, 2.24) is 89.0 Å². The van der Waals surface area contributed by atoms with Crippen molar-refractivity contribution in [2.45, 2.75) is 171 Å². The van der Waals surface area contributed by atoms with Crippen LogP contribution in [0.1, 0.15) is 233 Å². The number of nitrogens with one attached hydrogen (secondary N) is 3. The van der Waals surface area contributed by atoms with Crippen molar-refractivity contribution in [1.29, 1.82) is 0 Å². The third-order valence-corrected chi connectivity index (χ3v) is 29.6. The van der Waals surface area contributed by atoms with Gasteiger partial charge in [-0.05, 0) is 222 Å². The van der Waals surface area contributed by atoms with Crippen molar-refractivity contribution in [3.05, 3.63) is 246 Å². The first-order valence-corrected chi connectivity index (χ1v) is 48.4.